The molecular weight excluding hydrogens is 383 g/mol. The van der Waals surface area contributed by atoms with Gasteiger partial charge in [-0.1, -0.05) is 35.3 Å². The summed E-state index contributed by atoms with van der Waals surface area (Å²) >= 11 is 12.6. The zero-order valence-corrected chi connectivity index (χ0v) is 16.8. The lowest BCUT2D eigenvalue weighted by Gasteiger charge is -2.41. The summed E-state index contributed by atoms with van der Waals surface area (Å²) in [7, 11) is 0. The molecule has 0 heterocycles. The molecule has 0 aliphatic heterocycles. The molecule has 0 spiro atoms. The topological polar surface area (TPSA) is 78.3 Å². The van der Waals surface area contributed by atoms with Crippen molar-refractivity contribution < 1.29 is 9.53 Å². The molecule has 0 atom stereocenters. The van der Waals surface area contributed by atoms with Crippen molar-refractivity contribution in [1.82, 2.24) is 0 Å². The Kier molecular flexibility index (Phi) is 5.87. The molecule has 2 aromatic rings. The normalized spacial score (nSPS) is 16.9. The molecule has 1 fully saturated rings. The van der Waals surface area contributed by atoms with Gasteiger partial charge in [0.15, 0.2) is 0 Å². The Morgan fingerprint density at radius 2 is 1.52 bits per heavy atom. The van der Waals surface area contributed by atoms with E-state index in [1.165, 1.54) is 0 Å². The molecule has 2 aromatic carbocycles. The van der Waals surface area contributed by atoms with Crippen LogP contribution in [0.25, 0.3) is 0 Å². The molecule has 0 aromatic heterocycles. The minimum absolute atomic E-state index is 0.0772. The third-order valence-electron chi connectivity index (χ3n) is 5.57. The predicted molar refractivity (Wildman–Crippen MR) is 111 cm³/mol. The average Bonchev–Trinajstić information content (AvgIpc) is 2.66. The molecule has 6 heteroatoms. The van der Waals surface area contributed by atoms with E-state index in [2.05, 4.69) is 0 Å². The first-order valence-electron chi connectivity index (χ1n) is 9.15. The summed E-state index contributed by atoms with van der Waals surface area (Å²) in [5.41, 5.74) is 14.8. The fourth-order valence-electron chi connectivity index (χ4n) is 4.00. The van der Waals surface area contributed by atoms with Crippen LogP contribution in [0.2, 0.25) is 10.0 Å². The van der Waals surface area contributed by atoms with Crippen molar-refractivity contribution >= 4 is 40.5 Å². The van der Waals surface area contributed by atoms with Crippen LogP contribution in [0.1, 0.15) is 43.7 Å². The van der Waals surface area contributed by atoms with E-state index in [9.17, 15) is 4.79 Å². The number of hydrogen-bond donors (Lipinski definition) is 2. The van der Waals surface area contributed by atoms with Crippen molar-refractivity contribution in [3.8, 4) is 0 Å². The zero-order valence-electron chi connectivity index (χ0n) is 15.3. The van der Waals surface area contributed by atoms with Crippen molar-refractivity contribution in [2.24, 2.45) is 5.92 Å². The van der Waals surface area contributed by atoms with Gasteiger partial charge in [-0.05, 0) is 68.0 Å². The van der Waals surface area contributed by atoms with Gasteiger partial charge in [0.05, 0.1) is 33.9 Å². The number of nitrogens with two attached hydrogens (primary N) is 2. The van der Waals surface area contributed by atoms with Crippen LogP contribution in [-0.2, 0) is 14.9 Å². The van der Waals surface area contributed by atoms with Crippen LogP contribution in [0, 0.1) is 5.92 Å². The van der Waals surface area contributed by atoms with Crippen molar-refractivity contribution in [1.29, 1.82) is 0 Å². The standard InChI is InChI=1S/C21H24Cl2N2O2/c1-2-27-20(26)13-7-9-21(10-8-13,14-3-5-18(24)16(22)11-14)15-4-6-19(25)17(23)12-15/h3-6,11-13H,2,7-10,24-25H2,1H3. The Labute approximate surface area is 169 Å². The van der Waals surface area contributed by atoms with Crippen LogP contribution in [0.3, 0.4) is 0 Å². The van der Waals surface area contributed by atoms with E-state index in [0.717, 1.165) is 36.8 Å². The molecule has 1 aliphatic rings. The minimum Gasteiger partial charge on any atom is -0.466 e. The fraction of sp³-hybridized carbons (Fsp3) is 0.381. The maximum absolute atomic E-state index is 12.2. The molecule has 0 radical (unpaired) electrons. The van der Waals surface area contributed by atoms with E-state index in [4.69, 9.17) is 39.4 Å². The Bertz CT molecular complexity index is 793. The maximum Gasteiger partial charge on any atom is 0.308 e. The number of halogens is 2. The summed E-state index contributed by atoms with van der Waals surface area (Å²) in [6.07, 6.45) is 3.06. The molecule has 3 rings (SSSR count). The van der Waals surface area contributed by atoms with E-state index in [1.807, 2.05) is 43.3 Å². The van der Waals surface area contributed by atoms with E-state index in [1.54, 1.807) is 0 Å². The summed E-state index contributed by atoms with van der Waals surface area (Å²) in [5.74, 6) is -0.191. The van der Waals surface area contributed by atoms with Crippen LogP contribution in [-0.4, -0.2) is 12.6 Å². The highest BCUT2D eigenvalue weighted by molar-refractivity contribution is 6.33. The van der Waals surface area contributed by atoms with Crippen molar-refractivity contribution in [2.45, 2.75) is 38.0 Å². The monoisotopic (exact) mass is 406 g/mol. The van der Waals surface area contributed by atoms with Crippen molar-refractivity contribution in [3.05, 3.63) is 57.6 Å². The number of ether oxygens (including phenoxy) is 1. The molecule has 1 saturated carbocycles. The molecule has 0 bridgehead atoms. The molecular formula is C21H24Cl2N2O2. The van der Waals surface area contributed by atoms with Gasteiger partial charge in [0.1, 0.15) is 0 Å². The van der Waals surface area contributed by atoms with Gasteiger partial charge in [-0.3, -0.25) is 4.79 Å². The highest BCUT2D eigenvalue weighted by Crippen LogP contribution is 2.48. The van der Waals surface area contributed by atoms with E-state index in [0.29, 0.717) is 28.0 Å². The molecule has 4 N–H and O–H groups in total. The number of carbonyl (C=O) groups excluding carboxylic acids is 1. The number of anilines is 2. The highest BCUT2D eigenvalue weighted by atomic mass is 35.5. The number of carbonyl (C=O) groups is 1. The van der Waals surface area contributed by atoms with Gasteiger partial charge in [-0.15, -0.1) is 0 Å². The van der Waals surface area contributed by atoms with E-state index in [-0.39, 0.29) is 17.3 Å². The quantitative estimate of drug-likeness (QED) is 0.540. The third-order valence-corrected chi connectivity index (χ3v) is 6.22. The molecule has 4 nitrogen and oxygen atoms in total. The molecule has 144 valence electrons. The smallest absolute Gasteiger partial charge is 0.308 e. The Balaban J connectivity index is 2.01. The lowest BCUT2D eigenvalue weighted by atomic mass is 9.63. The first kappa shape index (κ1) is 19.8. The molecule has 0 unspecified atom stereocenters. The summed E-state index contributed by atoms with van der Waals surface area (Å²) in [4.78, 5) is 12.2. The number of esters is 1. The van der Waals surface area contributed by atoms with Crippen LogP contribution in [0.5, 0.6) is 0 Å². The summed E-state index contributed by atoms with van der Waals surface area (Å²) in [6, 6.07) is 11.5. The number of nitrogen functional groups attached to an aromatic ring is 2. The van der Waals surface area contributed by atoms with Gasteiger partial charge in [0, 0.05) is 5.41 Å². The van der Waals surface area contributed by atoms with Gasteiger partial charge in [-0.25, -0.2) is 0 Å². The molecule has 0 saturated heterocycles. The fourth-order valence-corrected chi connectivity index (χ4v) is 4.36. The Morgan fingerprint density at radius 1 is 1.04 bits per heavy atom. The average molecular weight is 407 g/mol. The first-order valence-corrected chi connectivity index (χ1v) is 9.90. The first-order chi connectivity index (χ1) is 12.9. The zero-order chi connectivity index (χ0) is 19.6. The second kappa shape index (κ2) is 7.99. The minimum atomic E-state index is -0.294. The molecule has 1 aliphatic carbocycles. The molecule has 0 amide bonds. The summed E-state index contributed by atoms with van der Waals surface area (Å²) in [6.45, 7) is 2.24. The van der Waals surface area contributed by atoms with E-state index >= 15 is 0 Å². The number of hydrogen-bond acceptors (Lipinski definition) is 4. The van der Waals surface area contributed by atoms with Crippen molar-refractivity contribution in [3.63, 3.8) is 0 Å². The number of benzene rings is 2. The predicted octanol–water partition coefficient (Wildman–Crippen LogP) is 5.20. The third kappa shape index (κ3) is 3.87. The SMILES string of the molecule is CCOC(=O)C1CCC(c2ccc(N)c(Cl)c2)(c2ccc(N)c(Cl)c2)CC1. The molecule has 27 heavy (non-hydrogen) atoms. The lowest BCUT2D eigenvalue weighted by Crippen LogP contribution is -2.35. The maximum atomic E-state index is 12.2. The van der Waals surface area contributed by atoms with Gasteiger partial charge >= 0.3 is 5.97 Å². The highest BCUT2D eigenvalue weighted by Gasteiger charge is 2.41. The van der Waals surface area contributed by atoms with Crippen LogP contribution < -0.4 is 11.5 Å². The lowest BCUT2D eigenvalue weighted by molar-refractivity contribution is -0.149. The Hall–Kier alpha value is -1.91. The van der Waals surface area contributed by atoms with Crippen LogP contribution in [0.15, 0.2) is 36.4 Å². The largest absolute Gasteiger partial charge is 0.466 e. The van der Waals surface area contributed by atoms with Gasteiger partial charge < -0.3 is 16.2 Å². The number of rotatable bonds is 4. The van der Waals surface area contributed by atoms with Gasteiger partial charge in [0.25, 0.3) is 0 Å². The van der Waals surface area contributed by atoms with Crippen molar-refractivity contribution in [2.75, 3.05) is 18.1 Å². The summed E-state index contributed by atoms with van der Waals surface area (Å²) in [5, 5.41) is 1.06. The Morgan fingerprint density at radius 3 is 1.93 bits per heavy atom. The summed E-state index contributed by atoms with van der Waals surface area (Å²) < 4.78 is 5.22. The van der Waals surface area contributed by atoms with E-state index < -0.39 is 0 Å². The van der Waals surface area contributed by atoms with Gasteiger partial charge in [-0.2, -0.15) is 0 Å². The van der Waals surface area contributed by atoms with Gasteiger partial charge in [0.2, 0.25) is 0 Å². The van der Waals surface area contributed by atoms with Crippen LogP contribution in [0.4, 0.5) is 11.4 Å². The second-order valence-corrected chi connectivity index (χ2v) is 7.90. The van der Waals surface area contributed by atoms with Crippen LogP contribution >= 0.6 is 23.2 Å². The second-order valence-electron chi connectivity index (χ2n) is 7.08.